The summed E-state index contributed by atoms with van der Waals surface area (Å²) in [5.41, 5.74) is -1.07. The minimum atomic E-state index is -1.36. The van der Waals surface area contributed by atoms with Gasteiger partial charge in [-0.3, -0.25) is 9.59 Å². The summed E-state index contributed by atoms with van der Waals surface area (Å²) in [5, 5.41) is 10.9. The Morgan fingerprint density at radius 3 is 2.65 bits per heavy atom. The van der Waals surface area contributed by atoms with Crippen LogP contribution >= 0.6 is 11.6 Å². The van der Waals surface area contributed by atoms with E-state index < -0.39 is 5.60 Å². The first-order valence-corrected chi connectivity index (χ1v) is 9.57. The van der Waals surface area contributed by atoms with Crippen LogP contribution < -0.4 is 0 Å². The molecule has 0 spiro atoms. The molecular formula is C21H29ClO4. The third-order valence-corrected chi connectivity index (χ3v) is 4.52. The predicted molar refractivity (Wildman–Crippen MR) is 105 cm³/mol. The summed E-state index contributed by atoms with van der Waals surface area (Å²) in [6.07, 6.45) is 17.0. The number of aliphatic hydroxyl groups is 1. The number of halogens is 1. The average Bonchev–Trinajstić information content (AvgIpc) is 2.83. The normalized spacial score (nSPS) is 21.9. The fourth-order valence-electron chi connectivity index (χ4n) is 2.69. The van der Waals surface area contributed by atoms with E-state index in [4.69, 9.17) is 11.6 Å². The van der Waals surface area contributed by atoms with Gasteiger partial charge >= 0.3 is 5.97 Å². The number of methoxy groups -OCH3 is 1. The molecule has 4 nitrogen and oxygen atoms in total. The third kappa shape index (κ3) is 7.30. The summed E-state index contributed by atoms with van der Waals surface area (Å²) in [6.45, 7) is 2.16. The van der Waals surface area contributed by atoms with Gasteiger partial charge in [-0.05, 0) is 31.8 Å². The van der Waals surface area contributed by atoms with Crippen molar-refractivity contribution in [1.82, 2.24) is 0 Å². The maximum Gasteiger partial charge on any atom is 0.305 e. The average molecular weight is 381 g/mol. The van der Waals surface area contributed by atoms with Crippen molar-refractivity contribution < 1.29 is 19.4 Å². The van der Waals surface area contributed by atoms with E-state index >= 15 is 0 Å². The lowest BCUT2D eigenvalue weighted by Crippen LogP contribution is -2.27. The van der Waals surface area contributed by atoms with Crippen LogP contribution in [0.15, 0.2) is 47.1 Å². The third-order valence-electron chi connectivity index (χ3n) is 4.24. The van der Waals surface area contributed by atoms with Crippen molar-refractivity contribution in [1.29, 1.82) is 0 Å². The van der Waals surface area contributed by atoms with Crippen LogP contribution in [0.4, 0.5) is 0 Å². The van der Waals surface area contributed by atoms with E-state index in [9.17, 15) is 14.7 Å². The molecule has 1 N–H and O–H groups in total. The van der Waals surface area contributed by atoms with E-state index in [1.165, 1.54) is 26.0 Å². The number of ether oxygens (including phenoxy) is 1. The lowest BCUT2D eigenvalue weighted by molar-refractivity contribution is -0.140. The van der Waals surface area contributed by atoms with Crippen LogP contribution in [0.3, 0.4) is 0 Å². The summed E-state index contributed by atoms with van der Waals surface area (Å²) in [5.74, 6) is -0.577. The Hall–Kier alpha value is -1.65. The largest absolute Gasteiger partial charge is 0.469 e. The molecule has 0 saturated heterocycles. The first-order valence-electron chi connectivity index (χ1n) is 9.19. The zero-order valence-electron chi connectivity index (χ0n) is 15.7. The summed E-state index contributed by atoms with van der Waals surface area (Å²) in [7, 11) is 1.37. The van der Waals surface area contributed by atoms with Crippen LogP contribution in [0.25, 0.3) is 0 Å². The number of esters is 1. The maximum atomic E-state index is 12.2. The van der Waals surface area contributed by atoms with Crippen molar-refractivity contribution in [2.45, 2.75) is 63.9 Å². The van der Waals surface area contributed by atoms with Gasteiger partial charge in [-0.25, -0.2) is 0 Å². The summed E-state index contributed by atoms with van der Waals surface area (Å²) < 4.78 is 4.58. The van der Waals surface area contributed by atoms with Crippen molar-refractivity contribution in [2.75, 3.05) is 7.11 Å². The Kier molecular flexibility index (Phi) is 10.2. The summed E-state index contributed by atoms with van der Waals surface area (Å²) in [4.78, 5) is 23.2. The van der Waals surface area contributed by atoms with Gasteiger partial charge in [0.15, 0.2) is 0 Å². The molecule has 0 heterocycles. The fraction of sp³-hybridized carbons (Fsp3) is 0.524. The minimum Gasteiger partial charge on any atom is -0.469 e. The van der Waals surface area contributed by atoms with Crippen molar-refractivity contribution in [3.63, 3.8) is 0 Å². The van der Waals surface area contributed by atoms with E-state index in [1.807, 2.05) is 18.2 Å². The predicted octanol–water partition coefficient (Wildman–Crippen LogP) is 4.78. The van der Waals surface area contributed by atoms with Gasteiger partial charge < -0.3 is 9.84 Å². The number of ketones is 1. The van der Waals surface area contributed by atoms with E-state index in [0.717, 1.165) is 12.8 Å². The lowest BCUT2D eigenvalue weighted by atomic mass is 9.92. The molecule has 0 amide bonds. The zero-order valence-corrected chi connectivity index (χ0v) is 16.4. The highest BCUT2D eigenvalue weighted by Gasteiger charge is 2.40. The Morgan fingerprint density at radius 1 is 1.23 bits per heavy atom. The van der Waals surface area contributed by atoms with Crippen LogP contribution in [-0.4, -0.2) is 29.6 Å². The molecule has 0 fully saturated rings. The molecule has 1 rings (SSSR count). The highest BCUT2D eigenvalue weighted by molar-refractivity contribution is 6.46. The van der Waals surface area contributed by atoms with E-state index in [1.54, 1.807) is 12.2 Å². The molecule has 5 heteroatoms. The molecule has 0 bridgehead atoms. The van der Waals surface area contributed by atoms with Crippen LogP contribution in [0.2, 0.25) is 0 Å². The minimum absolute atomic E-state index is 0.0530. The molecular weight excluding hydrogens is 352 g/mol. The van der Waals surface area contributed by atoms with Gasteiger partial charge in [0.1, 0.15) is 5.60 Å². The molecule has 1 aliphatic carbocycles. The molecule has 0 unspecified atom stereocenters. The quantitative estimate of drug-likeness (QED) is 0.242. The fourth-order valence-corrected chi connectivity index (χ4v) is 2.97. The standard InChI is InChI=1S/C21H29ClO4/c1-3-4-5-6-9-12-15-21(25)16-18(22)20(24)17(21)13-10-7-8-11-14-19(23)26-2/h7,9-10,12-13,16,25H,3-6,8,11,14-15H2,1-2H3/b10-7-,12-9-,17-13+/t21-/m1/s1. The molecule has 0 aromatic carbocycles. The van der Waals surface area contributed by atoms with Crippen LogP contribution in [0.5, 0.6) is 0 Å². The van der Waals surface area contributed by atoms with Crippen molar-refractivity contribution in [3.8, 4) is 0 Å². The van der Waals surface area contributed by atoms with Gasteiger partial charge in [-0.1, -0.05) is 61.7 Å². The maximum absolute atomic E-state index is 12.2. The first kappa shape index (κ1) is 22.4. The number of carbonyl (C=O) groups excluding carboxylic acids is 2. The summed E-state index contributed by atoms with van der Waals surface area (Å²) >= 11 is 5.95. The molecule has 0 aliphatic heterocycles. The first-order chi connectivity index (χ1) is 12.4. The molecule has 0 aromatic rings. The van der Waals surface area contributed by atoms with Gasteiger partial charge in [-0.2, -0.15) is 0 Å². The number of unbranched alkanes of at least 4 members (excludes halogenated alkanes) is 4. The SMILES string of the molecule is CCCCC/C=C\C[C@@]1(O)C=C(Cl)C(=O)/C1=C\C=C/CCCC(=O)OC. The van der Waals surface area contributed by atoms with Gasteiger partial charge in [0, 0.05) is 18.4 Å². The van der Waals surface area contributed by atoms with Gasteiger partial charge in [0.25, 0.3) is 0 Å². The molecule has 0 radical (unpaired) electrons. The molecule has 1 atom stereocenters. The van der Waals surface area contributed by atoms with Crippen LogP contribution in [0, 0.1) is 0 Å². The second-order valence-electron chi connectivity index (χ2n) is 6.39. The second kappa shape index (κ2) is 11.9. The molecule has 0 aromatic heterocycles. The van der Waals surface area contributed by atoms with E-state index in [0.29, 0.717) is 25.7 Å². The van der Waals surface area contributed by atoms with E-state index in [-0.39, 0.29) is 22.4 Å². The van der Waals surface area contributed by atoms with Crippen molar-refractivity contribution in [2.24, 2.45) is 0 Å². The highest BCUT2D eigenvalue weighted by atomic mass is 35.5. The van der Waals surface area contributed by atoms with Gasteiger partial charge in [0.05, 0.1) is 12.1 Å². The van der Waals surface area contributed by atoms with Crippen LogP contribution in [-0.2, 0) is 14.3 Å². The monoisotopic (exact) mass is 380 g/mol. The lowest BCUT2D eigenvalue weighted by Gasteiger charge is -2.20. The highest BCUT2D eigenvalue weighted by Crippen LogP contribution is 2.35. The second-order valence-corrected chi connectivity index (χ2v) is 6.80. The number of hydrogen-bond donors (Lipinski definition) is 1. The Bertz CT molecular complexity index is 601. The molecule has 0 saturated carbocycles. The van der Waals surface area contributed by atoms with Crippen LogP contribution in [0.1, 0.15) is 58.3 Å². The molecule has 1 aliphatic rings. The topological polar surface area (TPSA) is 63.6 Å². The number of carbonyl (C=O) groups is 2. The molecule has 144 valence electrons. The number of allylic oxidation sites excluding steroid dienone is 5. The zero-order chi connectivity index (χ0) is 19.4. The molecule has 26 heavy (non-hydrogen) atoms. The number of Topliss-reactive ketones (excluding diaryl/α,β-unsaturated/α-hetero) is 1. The smallest absolute Gasteiger partial charge is 0.305 e. The van der Waals surface area contributed by atoms with Crippen molar-refractivity contribution in [3.05, 3.63) is 47.1 Å². The Morgan fingerprint density at radius 2 is 1.96 bits per heavy atom. The Labute approximate surface area is 161 Å². The number of rotatable bonds is 11. The number of hydrogen-bond acceptors (Lipinski definition) is 4. The van der Waals surface area contributed by atoms with Gasteiger partial charge in [-0.15, -0.1) is 0 Å². The van der Waals surface area contributed by atoms with E-state index in [2.05, 4.69) is 11.7 Å². The summed E-state index contributed by atoms with van der Waals surface area (Å²) in [6, 6.07) is 0. The van der Waals surface area contributed by atoms with Crippen molar-refractivity contribution >= 4 is 23.4 Å². The Balaban J connectivity index is 2.62. The van der Waals surface area contributed by atoms with Gasteiger partial charge in [0.2, 0.25) is 5.78 Å².